The Morgan fingerprint density at radius 1 is 1.22 bits per heavy atom. The Hall–Kier alpha value is -3.82. The highest BCUT2D eigenvalue weighted by molar-refractivity contribution is 7.91. The molecule has 0 radical (unpaired) electrons. The number of hydrogen-bond donors (Lipinski definition) is 1. The molecule has 0 aliphatic heterocycles. The Labute approximate surface area is 212 Å². The number of nitriles is 1. The number of halogens is 1. The molecular weight excluding hydrogens is 507 g/mol. The second-order valence-electron chi connectivity index (χ2n) is 7.62. The van der Waals surface area contributed by atoms with Gasteiger partial charge in [0, 0.05) is 17.1 Å². The first kappa shape index (κ1) is 26.8. The van der Waals surface area contributed by atoms with E-state index in [4.69, 9.17) is 9.47 Å². The monoisotopic (exact) mass is 530 g/mol. The Kier molecular flexibility index (Phi) is 8.73. The molecule has 1 N–H and O–H groups in total. The number of nitrogens with one attached hydrogen (secondary N) is 1. The van der Waals surface area contributed by atoms with Crippen molar-refractivity contribution >= 4 is 38.5 Å². The van der Waals surface area contributed by atoms with Crippen LogP contribution in [0.25, 0.3) is 6.08 Å². The van der Waals surface area contributed by atoms with Crippen LogP contribution < -0.4 is 14.8 Å². The van der Waals surface area contributed by atoms with Gasteiger partial charge in [-0.2, -0.15) is 14.6 Å². The van der Waals surface area contributed by atoms with Gasteiger partial charge in [-0.15, -0.1) is 0 Å². The zero-order valence-corrected chi connectivity index (χ0v) is 21.3. The second-order valence-corrected chi connectivity index (χ2v) is 10.8. The Morgan fingerprint density at radius 2 is 1.97 bits per heavy atom. The molecule has 188 valence electrons. The fourth-order valence-electron chi connectivity index (χ4n) is 2.84. The number of hydrogen-bond acceptors (Lipinski definition) is 9. The van der Waals surface area contributed by atoms with Gasteiger partial charge in [0.25, 0.3) is 11.1 Å². The SMILES string of the molecule is CCOc1cc(C=C(C#N)C(=O)Nc2nc(S(=O)(=O)C(C)C)ns2)ccc1OCc1ccccc1F. The zero-order chi connectivity index (χ0) is 26.3. The number of amides is 1. The first-order valence-corrected chi connectivity index (χ1v) is 13.1. The van der Waals surface area contributed by atoms with E-state index in [0.29, 0.717) is 40.8 Å². The van der Waals surface area contributed by atoms with Crippen molar-refractivity contribution in [3.05, 3.63) is 65.0 Å². The smallest absolute Gasteiger partial charge is 0.268 e. The van der Waals surface area contributed by atoms with Gasteiger partial charge in [0.15, 0.2) is 11.5 Å². The number of carbonyl (C=O) groups excluding carboxylic acids is 1. The van der Waals surface area contributed by atoms with Gasteiger partial charge >= 0.3 is 0 Å². The first-order valence-electron chi connectivity index (χ1n) is 10.8. The molecule has 36 heavy (non-hydrogen) atoms. The fourth-order valence-corrected chi connectivity index (χ4v) is 4.54. The van der Waals surface area contributed by atoms with Crippen LogP contribution in [0.1, 0.15) is 31.9 Å². The molecule has 9 nitrogen and oxygen atoms in total. The van der Waals surface area contributed by atoms with E-state index in [1.165, 1.54) is 26.0 Å². The lowest BCUT2D eigenvalue weighted by molar-refractivity contribution is -0.112. The third kappa shape index (κ3) is 6.44. The molecule has 2 aromatic carbocycles. The summed E-state index contributed by atoms with van der Waals surface area (Å²) in [4.78, 5) is 16.5. The Morgan fingerprint density at radius 3 is 2.64 bits per heavy atom. The molecule has 0 unspecified atom stereocenters. The summed E-state index contributed by atoms with van der Waals surface area (Å²) in [6.45, 7) is 5.10. The Bertz CT molecular complexity index is 1430. The molecule has 0 atom stereocenters. The van der Waals surface area contributed by atoms with E-state index in [1.54, 1.807) is 43.3 Å². The van der Waals surface area contributed by atoms with Crippen molar-refractivity contribution in [2.45, 2.75) is 37.8 Å². The van der Waals surface area contributed by atoms with Crippen LogP contribution in [0.4, 0.5) is 9.52 Å². The molecule has 1 amide bonds. The highest BCUT2D eigenvalue weighted by atomic mass is 32.2. The van der Waals surface area contributed by atoms with Crippen LogP contribution in [0.5, 0.6) is 11.5 Å². The predicted molar refractivity (Wildman–Crippen MR) is 133 cm³/mol. The van der Waals surface area contributed by atoms with Crippen LogP contribution in [0.3, 0.4) is 0 Å². The lowest BCUT2D eigenvalue weighted by Gasteiger charge is -2.13. The van der Waals surface area contributed by atoms with Crippen molar-refractivity contribution in [1.82, 2.24) is 9.36 Å². The number of benzene rings is 2. The molecule has 0 saturated carbocycles. The minimum Gasteiger partial charge on any atom is -0.490 e. The van der Waals surface area contributed by atoms with Crippen LogP contribution in [0, 0.1) is 17.1 Å². The second kappa shape index (κ2) is 11.7. The predicted octanol–water partition coefficient (Wildman–Crippen LogP) is 4.38. The summed E-state index contributed by atoms with van der Waals surface area (Å²) in [6.07, 6.45) is 1.34. The van der Waals surface area contributed by atoms with E-state index in [1.807, 2.05) is 6.07 Å². The molecule has 3 aromatic rings. The van der Waals surface area contributed by atoms with Gasteiger partial charge in [-0.1, -0.05) is 24.3 Å². The lowest BCUT2D eigenvalue weighted by atomic mass is 10.1. The van der Waals surface area contributed by atoms with Crippen molar-refractivity contribution in [1.29, 1.82) is 5.26 Å². The van der Waals surface area contributed by atoms with Gasteiger partial charge in [-0.3, -0.25) is 10.1 Å². The van der Waals surface area contributed by atoms with Crippen molar-refractivity contribution in [3.8, 4) is 17.6 Å². The zero-order valence-electron chi connectivity index (χ0n) is 19.7. The van der Waals surface area contributed by atoms with E-state index in [9.17, 15) is 22.9 Å². The van der Waals surface area contributed by atoms with Crippen LogP contribution in [0.2, 0.25) is 0 Å². The van der Waals surface area contributed by atoms with Gasteiger partial charge in [0.2, 0.25) is 15.0 Å². The van der Waals surface area contributed by atoms with E-state index in [0.717, 1.165) is 0 Å². The van der Waals surface area contributed by atoms with Crippen LogP contribution in [-0.2, 0) is 21.2 Å². The van der Waals surface area contributed by atoms with E-state index in [-0.39, 0.29) is 28.3 Å². The topological polar surface area (TPSA) is 131 Å². The maximum absolute atomic E-state index is 13.9. The van der Waals surface area contributed by atoms with Gasteiger partial charge in [-0.25, -0.2) is 12.8 Å². The summed E-state index contributed by atoms with van der Waals surface area (Å²) in [5, 5.41) is 10.8. The van der Waals surface area contributed by atoms with Crippen molar-refractivity contribution in [2.75, 3.05) is 11.9 Å². The number of sulfone groups is 1. The fraction of sp³-hybridized carbons (Fsp3) is 0.250. The number of rotatable bonds is 10. The van der Waals surface area contributed by atoms with Gasteiger partial charge < -0.3 is 9.47 Å². The highest BCUT2D eigenvalue weighted by Crippen LogP contribution is 2.30. The van der Waals surface area contributed by atoms with E-state index >= 15 is 0 Å². The van der Waals surface area contributed by atoms with E-state index < -0.39 is 21.0 Å². The molecule has 1 aromatic heterocycles. The molecule has 0 spiro atoms. The average Bonchev–Trinajstić information content (AvgIpc) is 3.32. The molecule has 0 aliphatic rings. The average molecular weight is 531 g/mol. The Balaban J connectivity index is 1.78. The maximum atomic E-state index is 13.9. The third-order valence-corrected chi connectivity index (χ3v) is 7.47. The minimum absolute atomic E-state index is 0.00977. The summed E-state index contributed by atoms with van der Waals surface area (Å²) >= 11 is 0.700. The molecule has 1 heterocycles. The van der Waals surface area contributed by atoms with Gasteiger partial charge in [-0.05, 0) is 50.6 Å². The summed E-state index contributed by atoms with van der Waals surface area (Å²) < 4.78 is 53.4. The van der Waals surface area contributed by atoms with Crippen molar-refractivity contribution in [3.63, 3.8) is 0 Å². The van der Waals surface area contributed by atoms with Crippen molar-refractivity contribution in [2.24, 2.45) is 0 Å². The molecule has 3 rings (SSSR count). The quantitative estimate of drug-likeness (QED) is 0.302. The highest BCUT2D eigenvalue weighted by Gasteiger charge is 2.25. The number of aromatic nitrogens is 2. The molecule has 0 fully saturated rings. The summed E-state index contributed by atoms with van der Waals surface area (Å²) in [7, 11) is -3.69. The van der Waals surface area contributed by atoms with E-state index in [2.05, 4.69) is 14.7 Å². The third-order valence-electron chi connectivity index (χ3n) is 4.79. The first-order chi connectivity index (χ1) is 17.1. The number of nitrogens with zero attached hydrogens (tertiary/aromatic N) is 3. The summed E-state index contributed by atoms with van der Waals surface area (Å²) in [5.74, 6) is -0.440. The van der Waals surface area contributed by atoms with Crippen LogP contribution in [0.15, 0.2) is 53.2 Å². The van der Waals surface area contributed by atoms with Gasteiger partial charge in [0.05, 0.1) is 11.9 Å². The normalized spacial score (nSPS) is 11.7. The number of ether oxygens (including phenoxy) is 2. The minimum atomic E-state index is -3.69. The molecule has 12 heteroatoms. The lowest BCUT2D eigenvalue weighted by Crippen LogP contribution is -2.16. The standard InChI is InChI=1S/C24H23FN4O5S2/c1-4-33-21-12-16(9-10-20(21)34-14-17-7-5-6-8-19(17)25)11-18(13-26)22(30)27-23-28-24(29-35-23)36(31,32)15(2)3/h5-12,15H,4,14H2,1-3H3,(H,27,28,29,30). The van der Waals surface area contributed by atoms with Crippen LogP contribution in [-0.4, -0.2) is 35.5 Å². The summed E-state index contributed by atoms with van der Waals surface area (Å²) in [5.41, 5.74) is 0.609. The van der Waals surface area contributed by atoms with Gasteiger partial charge in [0.1, 0.15) is 24.1 Å². The molecular formula is C24H23FN4O5S2. The largest absolute Gasteiger partial charge is 0.490 e. The summed E-state index contributed by atoms with van der Waals surface area (Å²) in [6, 6.07) is 12.9. The molecule has 0 saturated heterocycles. The van der Waals surface area contributed by atoms with Crippen LogP contribution >= 0.6 is 11.5 Å². The maximum Gasteiger partial charge on any atom is 0.268 e. The molecule has 0 bridgehead atoms. The molecule has 0 aliphatic carbocycles. The van der Waals surface area contributed by atoms with Crippen molar-refractivity contribution < 1.29 is 27.1 Å². The number of anilines is 1. The number of carbonyl (C=O) groups is 1.